The summed E-state index contributed by atoms with van der Waals surface area (Å²) in [5, 5.41) is 3.01. The molecule has 0 spiro atoms. The van der Waals surface area contributed by atoms with Crippen LogP contribution < -0.4 is 5.32 Å². The number of rotatable bonds is 2. The van der Waals surface area contributed by atoms with Crippen LogP contribution in [0.1, 0.15) is 31.2 Å². The molecule has 2 aliphatic rings. The van der Waals surface area contributed by atoms with Crippen LogP contribution in [0.2, 0.25) is 0 Å². The van der Waals surface area contributed by atoms with E-state index in [1.165, 1.54) is 13.5 Å². The lowest BCUT2D eigenvalue weighted by Gasteiger charge is -2.24. The van der Waals surface area contributed by atoms with Gasteiger partial charge in [0, 0.05) is 5.92 Å². The Morgan fingerprint density at radius 2 is 2.11 bits per heavy atom. The van der Waals surface area contributed by atoms with Crippen molar-refractivity contribution >= 4 is 17.7 Å². The Balaban J connectivity index is 1.95. The molecular formula is C15H18ClNO2. The van der Waals surface area contributed by atoms with E-state index >= 15 is 0 Å². The molecule has 19 heavy (non-hydrogen) atoms. The predicted molar refractivity (Wildman–Crippen MR) is 74.2 cm³/mol. The summed E-state index contributed by atoms with van der Waals surface area (Å²) in [6, 6.07) is 10.1. The highest BCUT2D eigenvalue weighted by Crippen LogP contribution is 2.71. The van der Waals surface area contributed by atoms with Crippen molar-refractivity contribution in [3.63, 3.8) is 0 Å². The van der Waals surface area contributed by atoms with Gasteiger partial charge in [-0.15, -0.1) is 11.6 Å². The van der Waals surface area contributed by atoms with Crippen molar-refractivity contribution in [1.82, 2.24) is 5.32 Å². The fraction of sp³-hybridized carbons (Fsp3) is 0.533. The number of alkyl halides is 1. The third-order valence-electron chi connectivity index (χ3n) is 4.66. The third kappa shape index (κ3) is 1.68. The lowest BCUT2D eigenvalue weighted by molar-refractivity contribution is 0.160. The number of benzene rings is 1. The van der Waals surface area contributed by atoms with E-state index in [4.69, 9.17) is 16.3 Å². The van der Waals surface area contributed by atoms with Gasteiger partial charge in [-0.3, -0.25) is 0 Å². The predicted octanol–water partition coefficient (Wildman–Crippen LogP) is 3.42. The zero-order chi connectivity index (χ0) is 13.5. The lowest BCUT2D eigenvalue weighted by Crippen LogP contribution is -2.43. The summed E-state index contributed by atoms with van der Waals surface area (Å²) in [5.74, 6) is 0.303. The van der Waals surface area contributed by atoms with Crippen molar-refractivity contribution in [2.45, 2.75) is 36.1 Å². The minimum absolute atomic E-state index is 0.303. The molecule has 1 aromatic rings. The Morgan fingerprint density at radius 1 is 1.37 bits per heavy atom. The van der Waals surface area contributed by atoms with Gasteiger partial charge in [-0.25, -0.2) is 4.79 Å². The molecule has 2 saturated carbocycles. The summed E-state index contributed by atoms with van der Waals surface area (Å²) in [7, 11) is 1.39. The van der Waals surface area contributed by atoms with Gasteiger partial charge in [0.05, 0.1) is 17.5 Å². The number of carbonyl (C=O) groups excluding carboxylic acids is 1. The van der Waals surface area contributed by atoms with E-state index in [0.29, 0.717) is 5.92 Å². The number of fused-ring (bicyclic) bond motifs is 1. The lowest BCUT2D eigenvalue weighted by atomic mass is 9.95. The van der Waals surface area contributed by atoms with Gasteiger partial charge in [0.25, 0.3) is 0 Å². The summed E-state index contributed by atoms with van der Waals surface area (Å²) in [4.78, 5) is 11.2. The molecule has 3 atom stereocenters. The van der Waals surface area contributed by atoms with Crippen LogP contribution in [0.15, 0.2) is 30.3 Å². The highest BCUT2D eigenvalue weighted by atomic mass is 35.5. The summed E-state index contributed by atoms with van der Waals surface area (Å²) < 4.78 is 4.77. The van der Waals surface area contributed by atoms with Crippen LogP contribution >= 0.6 is 11.6 Å². The molecule has 0 radical (unpaired) electrons. The normalized spacial score (nSPS) is 36.2. The van der Waals surface area contributed by atoms with E-state index in [-0.39, 0.29) is 11.6 Å². The topological polar surface area (TPSA) is 38.3 Å². The Bertz CT molecular complexity index is 492. The van der Waals surface area contributed by atoms with Crippen LogP contribution in [0.4, 0.5) is 4.79 Å². The molecule has 3 nitrogen and oxygen atoms in total. The van der Waals surface area contributed by atoms with Gasteiger partial charge >= 0.3 is 6.09 Å². The maximum atomic E-state index is 11.6. The zero-order valence-electron chi connectivity index (χ0n) is 11.0. The zero-order valence-corrected chi connectivity index (χ0v) is 11.7. The second-order valence-electron chi connectivity index (χ2n) is 5.46. The SMILES string of the molecule is COC(=O)NC12CCCCC1C2(Cl)c1ccccc1. The number of ether oxygens (including phenoxy) is 1. The average molecular weight is 280 g/mol. The first-order valence-electron chi connectivity index (χ1n) is 6.76. The number of hydrogen-bond donors (Lipinski definition) is 1. The van der Waals surface area contributed by atoms with Crippen LogP contribution in [-0.4, -0.2) is 18.7 Å². The molecule has 2 fully saturated rings. The second kappa shape index (κ2) is 4.41. The van der Waals surface area contributed by atoms with Crippen LogP contribution in [-0.2, 0) is 9.61 Å². The van der Waals surface area contributed by atoms with Gasteiger partial charge in [-0.2, -0.15) is 0 Å². The van der Waals surface area contributed by atoms with Crippen molar-refractivity contribution in [3.8, 4) is 0 Å². The molecule has 0 bridgehead atoms. The maximum Gasteiger partial charge on any atom is 0.407 e. The molecule has 3 unspecified atom stereocenters. The molecule has 1 amide bonds. The van der Waals surface area contributed by atoms with E-state index in [1.807, 2.05) is 30.3 Å². The number of methoxy groups -OCH3 is 1. The average Bonchev–Trinajstić information content (AvgIpc) is 3.00. The summed E-state index contributed by atoms with van der Waals surface area (Å²) in [6.07, 6.45) is 3.87. The molecule has 3 rings (SSSR count). The summed E-state index contributed by atoms with van der Waals surface area (Å²) in [6.45, 7) is 0. The summed E-state index contributed by atoms with van der Waals surface area (Å²) >= 11 is 6.93. The van der Waals surface area contributed by atoms with E-state index in [1.54, 1.807) is 0 Å². The van der Waals surface area contributed by atoms with E-state index in [2.05, 4.69) is 5.32 Å². The number of alkyl carbamates (subject to hydrolysis) is 1. The fourth-order valence-corrected chi connectivity index (χ4v) is 4.38. The van der Waals surface area contributed by atoms with Gasteiger partial charge in [0.1, 0.15) is 0 Å². The molecule has 102 valence electrons. The highest BCUT2D eigenvalue weighted by molar-refractivity contribution is 6.28. The third-order valence-corrected chi connectivity index (χ3v) is 5.48. The van der Waals surface area contributed by atoms with Gasteiger partial charge in [0.15, 0.2) is 0 Å². The quantitative estimate of drug-likeness (QED) is 0.843. The van der Waals surface area contributed by atoms with Crippen molar-refractivity contribution in [2.75, 3.05) is 7.11 Å². The minimum atomic E-state index is -0.473. The molecule has 1 aromatic carbocycles. The van der Waals surface area contributed by atoms with Crippen LogP contribution in [0, 0.1) is 5.92 Å². The van der Waals surface area contributed by atoms with Gasteiger partial charge < -0.3 is 10.1 Å². The Hall–Kier alpha value is -1.22. The van der Waals surface area contributed by atoms with Crippen LogP contribution in [0.5, 0.6) is 0 Å². The van der Waals surface area contributed by atoms with Crippen molar-refractivity contribution in [2.24, 2.45) is 5.92 Å². The second-order valence-corrected chi connectivity index (χ2v) is 6.06. The first kappa shape index (κ1) is 12.8. The first-order chi connectivity index (χ1) is 9.15. The minimum Gasteiger partial charge on any atom is -0.453 e. The van der Waals surface area contributed by atoms with Crippen molar-refractivity contribution in [1.29, 1.82) is 0 Å². The number of hydrogen-bond acceptors (Lipinski definition) is 2. The molecular weight excluding hydrogens is 262 g/mol. The largest absolute Gasteiger partial charge is 0.453 e. The van der Waals surface area contributed by atoms with Gasteiger partial charge in [0.2, 0.25) is 0 Å². The first-order valence-corrected chi connectivity index (χ1v) is 7.13. The number of amides is 1. The van der Waals surface area contributed by atoms with E-state index in [0.717, 1.165) is 24.8 Å². The summed E-state index contributed by atoms with van der Waals surface area (Å²) in [5.41, 5.74) is 0.765. The molecule has 4 heteroatoms. The maximum absolute atomic E-state index is 11.6. The van der Waals surface area contributed by atoms with Crippen LogP contribution in [0.25, 0.3) is 0 Å². The fourth-order valence-electron chi connectivity index (χ4n) is 3.74. The molecule has 1 N–H and O–H groups in total. The van der Waals surface area contributed by atoms with Gasteiger partial charge in [-0.1, -0.05) is 43.2 Å². The number of nitrogens with one attached hydrogen (secondary N) is 1. The highest BCUT2D eigenvalue weighted by Gasteiger charge is 2.77. The molecule has 2 aliphatic carbocycles. The van der Waals surface area contributed by atoms with Crippen LogP contribution in [0.3, 0.4) is 0 Å². The number of carbonyl (C=O) groups is 1. The molecule has 0 aromatic heterocycles. The monoisotopic (exact) mass is 279 g/mol. The van der Waals surface area contributed by atoms with Crippen molar-refractivity contribution < 1.29 is 9.53 Å². The Morgan fingerprint density at radius 3 is 2.79 bits per heavy atom. The van der Waals surface area contributed by atoms with Crippen molar-refractivity contribution in [3.05, 3.63) is 35.9 Å². The Kier molecular flexibility index (Phi) is 2.97. The Labute approximate surface area is 118 Å². The van der Waals surface area contributed by atoms with Gasteiger partial charge in [-0.05, 0) is 18.4 Å². The molecule has 0 heterocycles. The number of halogens is 1. The van der Waals surface area contributed by atoms with E-state index < -0.39 is 4.87 Å². The smallest absolute Gasteiger partial charge is 0.407 e. The van der Waals surface area contributed by atoms with E-state index in [9.17, 15) is 4.79 Å². The standard InChI is InChI=1S/C15H18ClNO2/c1-19-13(18)17-14-10-6-5-9-12(14)15(14,16)11-7-3-2-4-8-11/h2-4,7-8,12H,5-6,9-10H2,1H3,(H,17,18). The molecule has 0 saturated heterocycles. The molecule has 0 aliphatic heterocycles.